The second kappa shape index (κ2) is 8.69. The molecule has 0 fully saturated rings. The number of carbonyl (C=O) groups is 1. The summed E-state index contributed by atoms with van der Waals surface area (Å²) in [6, 6.07) is 58.4. The van der Waals surface area contributed by atoms with Crippen LogP contribution in [0.4, 0.5) is 16.2 Å². The smallest absolute Gasteiger partial charge is 0.409 e. The molecule has 8 aromatic carbocycles. The van der Waals surface area contributed by atoms with Gasteiger partial charge in [0.1, 0.15) is 5.75 Å². The van der Waals surface area contributed by atoms with Crippen LogP contribution in [0.5, 0.6) is 5.75 Å². The molecule has 1 amide bonds. The first kappa shape index (κ1) is 27.1. The minimum absolute atomic E-state index is 0.0758. The molecule has 0 atom stereocenters. The molecule has 0 saturated carbocycles. The molecule has 53 heavy (non-hydrogen) atoms. The van der Waals surface area contributed by atoms with E-state index in [1.165, 1.54) is 83.1 Å². The topological polar surface area (TPSA) is 29.5 Å². The van der Waals surface area contributed by atoms with E-state index in [1.54, 1.807) is 0 Å². The maximum atomic E-state index is 14.6. The van der Waals surface area contributed by atoms with Crippen LogP contribution in [-0.4, -0.2) is 12.8 Å². The number of anilines is 2. The quantitative estimate of drug-likeness (QED) is 0.151. The van der Waals surface area contributed by atoms with Gasteiger partial charge in [0.15, 0.2) is 0 Å². The van der Waals surface area contributed by atoms with E-state index in [4.69, 9.17) is 4.74 Å². The van der Waals surface area contributed by atoms with E-state index >= 15 is 0 Å². The van der Waals surface area contributed by atoms with Crippen molar-refractivity contribution in [2.24, 2.45) is 0 Å². The highest BCUT2D eigenvalue weighted by atomic mass is 16.6. The van der Waals surface area contributed by atoms with E-state index in [9.17, 15) is 4.79 Å². The van der Waals surface area contributed by atoms with Gasteiger partial charge >= 0.3 is 6.09 Å². The highest BCUT2D eigenvalue weighted by Gasteiger charge is 2.62. The van der Waals surface area contributed by atoms with Gasteiger partial charge in [-0.2, -0.15) is 0 Å². The summed E-state index contributed by atoms with van der Waals surface area (Å²) in [4.78, 5) is 16.5. The largest absolute Gasteiger partial charge is 0.424 e. The van der Waals surface area contributed by atoms with Gasteiger partial charge in [-0.1, -0.05) is 145 Å². The Morgan fingerprint density at radius 2 is 0.925 bits per heavy atom. The van der Waals surface area contributed by atoms with Gasteiger partial charge in [-0.05, 0) is 101 Å². The lowest BCUT2D eigenvalue weighted by Crippen LogP contribution is -2.71. The molecule has 4 heteroatoms. The van der Waals surface area contributed by atoms with Crippen LogP contribution < -0.4 is 26.0 Å². The fraction of sp³-hybridized carbons (Fsp3) is 0.0408. The van der Waals surface area contributed by atoms with Crippen LogP contribution in [0.2, 0.25) is 0 Å². The number of benzene rings is 8. The van der Waals surface area contributed by atoms with Crippen LogP contribution in [0.1, 0.15) is 44.5 Å². The van der Waals surface area contributed by atoms with Gasteiger partial charge in [0.05, 0.1) is 16.5 Å². The zero-order chi connectivity index (χ0) is 34.4. The van der Waals surface area contributed by atoms with Crippen molar-refractivity contribution in [3.8, 4) is 28.0 Å². The van der Waals surface area contributed by atoms with Crippen LogP contribution in [-0.2, 0) is 10.8 Å². The third-order valence-electron chi connectivity index (χ3n) is 13.6. The molecule has 4 aliphatic heterocycles. The van der Waals surface area contributed by atoms with Crippen LogP contribution in [0.3, 0.4) is 0 Å². The lowest BCUT2D eigenvalue weighted by atomic mass is 9.25. The van der Waals surface area contributed by atoms with Gasteiger partial charge in [0, 0.05) is 11.1 Å². The van der Waals surface area contributed by atoms with Crippen molar-refractivity contribution in [3.63, 3.8) is 0 Å². The molecule has 14 rings (SSSR count). The summed E-state index contributed by atoms with van der Waals surface area (Å²) < 4.78 is 6.25. The minimum Gasteiger partial charge on any atom is -0.409 e. The summed E-state index contributed by atoms with van der Waals surface area (Å²) in [6.45, 7) is -0.0758. The number of rotatable bonds is 0. The molecule has 4 heterocycles. The summed E-state index contributed by atoms with van der Waals surface area (Å²) >= 11 is 0. The lowest BCUT2D eigenvalue weighted by molar-refractivity contribution is 0.210. The van der Waals surface area contributed by atoms with E-state index in [-0.39, 0.29) is 12.8 Å². The Balaban J connectivity index is 1.28. The van der Waals surface area contributed by atoms with Gasteiger partial charge in [-0.25, -0.2) is 9.69 Å². The third kappa shape index (κ3) is 2.65. The van der Waals surface area contributed by atoms with Crippen molar-refractivity contribution in [2.75, 3.05) is 4.90 Å². The second-order valence-corrected chi connectivity index (χ2v) is 15.4. The summed E-state index contributed by atoms with van der Waals surface area (Å²) in [5.74, 6) is 0.632. The maximum absolute atomic E-state index is 14.6. The van der Waals surface area contributed by atoms with Crippen molar-refractivity contribution in [3.05, 3.63) is 202 Å². The van der Waals surface area contributed by atoms with Crippen LogP contribution in [0.15, 0.2) is 158 Å². The first-order valence-corrected chi connectivity index (χ1v) is 18.5. The van der Waals surface area contributed by atoms with Crippen LogP contribution in [0, 0.1) is 0 Å². The number of carbonyl (C=O) groups excluding carboxylic acids is 1. The predicted molar refractivity (Wildman–Crippen MR) is 211 cm³/mol. The number of fused-ring (bicyclic) bond motifs is 15. The Labute approximate surface area is 305 Å². The number of hydrogen-bond acceptors (Lipinski definition) is 2. The standard InChI is InChI=1S/C49H26BNO2/c52-47-51-40-24-11-23-38-44(40)50-43-36(48(38)32-17-5-1-13-28(32)29-14-2-6-18-33(29)48)21-10-22-37(43)49(34-19-7-3-15-30(34)31-16-4-8-20-35(31)49)39-26-27-12-9-25-41(53-47)42(27)46(51)45(39)50/h1-26H. The zero-order valence-corrected chi connectivity index (χ0v) is 28.4. The number of amides is 1. The fourth-order valence-corrected chi connectivity index (χ4v) is 12.0. The Bertz CT molecular complexity index is 3010. The number of nitrogens with zero attached hydrogens (tertiary/aromatic N) is 1. The Hall–Kier alpha value is -6.65. The highest BCUT2D eigenvalue weighted by molar-refractivity contribution is 7.00. The van der Waals surface area contributed by atoms with Gasteiger partial charge in [0.25, 0.3) is 0 Å². The minimum atomic E-state index is -0.610. The Morgan fingerprint density at radius 1 is 0.453 bits per heavy atom. The molecular formula is C49H26BNO2. The average molecular weight is 672 g/mol. The molecule has 8 aromatic rings. The van der Waals surface area contributed by atoms with Gasteiger partial charge in [0.2, 0.25) is 6.71 Å². The molecule has 0 N–H and O–H groups in total. The molecule has 0 bridgehead atoms. The third-order valence-corrected chi connectivity index (χ3v) is 13.6. The van der Waals surface area contributed by atoms with Crippen molar-refractivity contribution >= 4 is 51.3 Å². The van der Waals surface area contributed by atoms with Gasteiger partial charge in [-0.15, -0.1) is 0 Å². The summed E-state index contributed by atoms with van der Waals surface area (Å²) in [7, 11) is 0. The van der Waals surface area contributed by atoms with Crippen molar-refractivity contribution in [2.45, 2.75) is 10.8 Å². The molecule has 0 aromatic heterocycles. The normalized spacial score (nSPS) is 16.7. The van der Waals surface area contributed by atoms with E-state index in [2.05, 4.69) is 146 Å². The molecule has 6 aliphatic rings. The lowest BCUT2D eigenvalue weighted by Gasteiger charge is -2.53. The SMILES string of the molecule is O=C1Oc2cccc3cc4c5c(c23)N1c1cccc2c1B5c1c(cccc1C41c3ccccc3-c3ccccc31)C21c2ccccc2-c2ccccc21. The zero-order valence-electron chi connectivity index (χ0n) is 28.4. The first-order chi connectivity index (χ1) is 26.2. The van der Waals surface area contributed by atoms with Gasteiger partial charge in [-0.3, -0.25) is 0 Å². The molecule has 0 unspecified atom stereocenters. The predicted octanol–water partition coefficient (Wildman–Crippen LogP) is 8.67. The summed E-state index contributed by atoms with van der Waals surface area (Å²) in [5, 5.41) is 2.09. The summed E-state index contributed by atoms with van der Waals surface area (Å²) in [5.41, 5.74) is 19.9. The molecule has 0 radical (unpaired) electrons. The molecule has 242 valence electrons. The van der Waals surface area contributed by atoms with Crippen molar-refractivity contribution in [1.29, 1.82) is 0 Å². The second-order valence-electron chi connectivity index (χ2n) is 15.4. The Kier molecular flexibility index (Phi) is 4.44. The van der Waals surface area contributed by atoms with Crippen molar-refractivity contribution < 1.29 is 9.53 Å². The molecule has 0 saturated heterocycles. The fourth-order valence-electron chi connectivity index (χ4n) is 12.0. The maximum Gasteiger partial charge on any atom is 0.424 e. The number of hydrogen-bond donors (Lipinski definition) is 0. The average Bonchev–Trinajstić information content (AvgIpc) is 3.67. The first-order valence-electron chi connectivity index (χ1n) is 18.5. The monoisotopic (exact) mass is 671 g/mol. The summed E-state index contributed by atoms with van der Waals surface area (Å²) in [6.07, 6.45) is -0.350. The molecule has 2 aliphatic carbocycles. The molecular weight excluding hydrogens is 645 g/mol. The van der Waals surface area contributed by atoms with Crippen LogP contribution in [0.25, 0.3) is 33.0 Å². The molecule has 2 spiro atoms. The van der Waals surface area contributed by atoms with Crippen molar-refractivity contribution in [1.82, 2.24) is 0 Å². The Morgan fingerprint density at radius 3 is 1.51 bits per heavy atom. The molecule has 3 nitrogen and oxygen atoms in total. The highest BCUT2D eigenvalue weighted by Crippen LogP contribution is 2.63. The van der Waals surface area contributed by atoms with E-state index in [0.29, 0.717) is 5.75 Å². The van der Waals surface area contributed by atoms with E-state index < -0.39 is 10.8 Å². The van der Waals surface area contributed by atoms with Crippen LogP contribution >= 0.6 is 0 Å². The van der Waals surface area contributed by atoms with E-state index in [0.717, 1.165) is 22.1 Å². The number of ether oxygens (including phenoxy) is 1. The van der Waals surface area contributed by atoms with Gasteiger partial charge < -0.3 is 4.74 Å². The van der Waals surface area contributed by atoms with E-state index in [1.807, 2.05) is 17.0 Å².